The standard InChI is InChI=1S/C9H8N4O2S2/c10-4-3-7(14)12-13-9(16)11-8(15)6-2-1-5-17-6/h1-2,5H,3H2,(H,12,14)(H2,11,13,15,16). The second-order valence-corrected chi connectivity index (χ2v) is 4.12. The van der Waals surface area contributed by atoms with Crippen LogP contribution >= 0.6 is 23.6 Å². The fourth-order valence-corrected chi connectivity index (χ4v) is 1.61. The molecule has 0 bridgehead atoms. The van der Waals surface area contributed by atoms with Crippen LogP contribution in [0.5, 0.6) is 0 Å². The van der Waals surface area contributed by atoms with Gasteiger partial charge in [0.25, 0.3) is 11.8 Å². The van der Waals surface area contributed by atoms with Gasteiger partial charge in [0.05, 0.1) is 10.9 Å². The molecule has 0 aliphatic heterocycles. The smallest absolute Gasteiger partial charge is 0.267 e. The topological polar surface area (TPSA) is 94.0 Å². The number of hydrogen-bond donors (Lipinski definition) is 3. The largest absolute Gasteiger partial charge is 0.297 e. The van der Waals surface area contributed by atoms with Crippen molar-refractivity contribution in [3.05, 3.63) is 22.4 Å². The molecule has 3 N–H and O–H groups in total. The van der Waals surface area contributed by atoms with E-state index in [0.717, 1.165) is 0 Å². The van der Waals surface area contributed by atoms with Crippen LogP contribution in [-0.4, -0.2) is 16.9 Å². The Labute approximate surface area is 107 Å². The molecule has 0 fully saturated rings. The van der Waals surface area contributed by atoms with Crippen molar-refractivity contribution >= 4 is 40.5 Å². The molecule has 0 unspecified atom stereocenters. The van der Waals surface area contributed by atoms with E-state index in [1.54, 1.807) is 23.6 Å². The Balaban J connectivity index is 2.33. The average Bonchev–Trinajstić information content (AvgIpc) is 2.80. The Kier molecular flexibility index (Phi) is 5.06. The Morgan fingerprint density at radius 1 is 1.47 bits per heavy atom. The molecule has 17 heavy (non-hydrogen) atoms. The van der Waals surface area contributed by atoms with Crippen molar-refractivity contribution in [2.24, 2.45) is 0 Å². The highest BCUT2D eigenvalue weighted by molar-refractivity contribution is 7.80. The van der Waals surface area contributed by atoms with Gasteiger partial charge >= 0.3 is 0 Å². The molecule has 0 aliphatic carbocycles. The highest BCUT2D eigenvalue weighted by Gasteiger charge is 2.08. The number of hydrazine groups is 1. The first-order valence-corrected chi connectivity index (χ1v) is 5.73. The van der Waals surface area contributed by atoms with E-state index < -0.39 is 5.91 Å². The summed E-state index contributed by atoms with van der Waals surface area (Å²) >= 11 is 6.05. The van der Waals surface area contributed by atoms with E-state index in [1.807, 2.05) is 0 Å². The highest BCUT2D eigenvalue weighted by Crippen LogP contribution is 2.07. The molecule has 6 nitrogen and oxygen atoms in total. The van der Waals surface area contributed by atoms with Crippen LogP contribution in [0.2, 0.25) is 0 Å². The zero-order chi connectivity index (χ0) is 12.7. The van der Waals surface area contributed by atoms with Crippen molar-refractivity contribution in [3.8, 4) is 6.07 Å². The minimum Gasteiger partial charge on any atom is -0.297 e. The zero-order valence-electron chi connectivity index (χ0n) is 8.52. The first-order valence-electron chi connectivity index (χ1n) is 4.44. The second kappa shape index (κ2) is 6.57. The quantitative estimate of drug-likeness (QED) is 0.529. The predicted octanol–water partition coefficient (Wildman–Crippen LogP) is 0.297. The number of nitrogens with zero attached hydrogens (tertiary/aromatic N) is 1. The van der Waals surface area contributed by atoms with E-state index in [1.165, 1.54) is 11.3 Å². The van der Waals surface area contributed by atoms with Crippen molar-refractivity contribution in [1.29, 1.82) is 5.26 Å². The molecule has 2 amide bonds. The maximum absolute atomic E-state index is 11.5. The summed E-state index contributed by atoms with van der Waals surface area (Å²) in [5, 5.41) is 12.3. The first-order chi connectivity index (χ1) is 8.13. The van der Waals surface area contributed by atoms with Crippen LogP contribution in [-0.2, 0) is 4.79 Å². The summed E-state index contributed by atoms with van der Waals surface area (Å²) in [4.78, 5) is 22.9. The molecule has 0 aromatic carbocycles. The van der Waals surface area contributed by atoms with Crippen molar-refractivity contribution in [2.45, 2.75) is 6.42 Å². The summed E-state index contributed by atoms with van der Waals surface area (Å²) in [6.45, 7) is 0. The van der Waals surface area contributed by atoms with Gasteiger partial charge < -0.3 is 0 Å². The van der Waals surface area contributed by atoms with E-state index in [2.05, 4.69) is 16.2 Å². The van der Waals surface area contributed by atoms with Gasteiger partial charge in [0.1, 0.15) is 6.42 Å². The molecule has 0 spiro atoms. The minimum atomic E-state index is -0.528. The number of hydrogen-bond acceptors (Lipinski definition) is 5. The van der Waals surface area contributed by atoms with Crippen LogP contribution in [0.3, 0.4) is 0 Å². The zero-order valence-corrected chi connectivity index (χ0v) is 10.2. The van der Waals surface area contributed by atoms with Crippen LogP contribution in [0.25, 0.3) is 0 Å². The van der Waals surface area contributed by atoms with Crippen LogP contribution in [0, 0.1) is 11.3 Å². The number of amides is 2. The molecule has 8 heteroatoms. The second-order valence-electron chi connectivity index (χ2n) is 2.77. The number of nitriles is 1. The third-order valence-electron chi connectivity index (χ3n) is 1.53. The maximum Gasteiger partial charge on any atom is 0.267 e. The fraction of sp³-hybridized carbons (Fsp3) is 0.111. The van der Waals surface area contributed by atoms with Crippen LogP contribution in [0.15, 0.2) is 17.5 Å². The monoisotopic (exact) mass is 268 g/mol. The highest BCUT2D eigenvalue weighted by atomic mass is 32.1. The molecule has 1 rings (SSSR count). The van der Waals surface area contributed by atoms with Crippen molar-refractivity contribution in [2.75, 3.05) is 0 Å². The van der Waals surface area contributed by atoms with E-state index >= 15 is 0 Å². The summed E-state index contributed by atoms with van der Waals surface area (Å²) < 4.78 is 0. The number of carbonyl (C=O) groups excluding carboxylic acids is 2. The molecule has 0 saturated carbocycles. The normalized spacial score (nSPS) is 8.88. The lowest BCUT2D eigenvalue weighted by Gasteiger charge is -2.08. The van der Waals surface area contributed by atoms with Crippen LogP contribution in [0.1, 0.15) is 16.1 Å². The number of nitrogens with one attached hydrogen (secondary N) is 3. The minimum absolute atomic E-state index is 0.0327. The molecule has 0 saturated heterocycles. The molecule has 1 heterocycles. The van der Waals surface area contributed by atoms with Crippen molar-refractivity contribution < 1.29 is 9.59 Å². The third kappa shape index (κ3) is 4.58. The van der Waals surface area contributed by atoms with Crippen molar-refractivity contribution in [3.63, 3.8) is 0 Å². The van der Waals surface area contributed by atoms with Gasteiger partial charge in [-0.1, -0.05) is 6.07 Å². The van der Waals surface area contributed by atoms with E-state index in [-0.39, 0.29) is 17.4 Å². The lowest BCUT2D eigenvalue weighted by Crippen LogP contribution is -2.48. The average molecular weight is 268 g/mol. The molecule has 0 radical (unpaired) electrons. The van der Waals surface area contributed by atoms with Gasteiger partial charge in [-0.3, -0.25) is 25.8 Å². The summed E-state index contributed by atoms with van der Waals surface area (Å²) in [5.41, 5.74) is 4.48. The SMILES string of the molecule is N#CCC(=O)NNC(=S)NC(=O)c1cccs1. The summed E-state index contributed by atoms with van der Waals surface area (Å²) in [6.07, 6.45) is -0.283. The number of thiophene rings is 1. The molecule has 0 aliphatic rings. The number of carbonyl (C=O) groups is 2. The van der Waals surface area contributed by atoms with Gasteiger partial charge in [-0.05, 0) is 23.7 Å². The molecular formula is C9H8N4O2S2. The Morgan fingerprint density at radius 3 is 2.82 bits per heavy atom. The van der Waals surface area contributed by atoms with Crippen molar-refractivity contribution in [1.82, 2.24) is 16.2 Å². The first kappa shape index (κ1) is 13.1. The molecule has 1 aromatic rings. The Hall–Kier alpha value is -1.98. The van der Waals surface area contributed by atoms with E-state index in [4.69, 9.17) is 17.5 Å². The van der Waals surface area contributed by atoms with Gasteiger partial charge in [0, 0.05) is 0 Å². The number of thiocarbonyl (C=S) groups is 1. The number of rotatable bonds is 2. The molecule has 88 valence electrons. The van der Waals surface area contributed by atoms with Gasteiger partial charge in [0.15, 0.2) is 5.11 Å². The van der Waals surface area contributed by atoms with Gasteiger partial charge in [0.2, 0.25) is 0 Å². The van der Waals surface area contributed by atoms with E-state index in [9.17, 15) is 9.59 Å². The Morgan fingerprint density at radius 2 is 2.24 bits per heavy atom. The maximum atomic E-state index is 11.5. The fourth-order valence-electron chi connectivity index (χ4n) is 0.846. The predicted molar refractivity (Wildman–Crippen MR) is 65.9 cm³/mol. The van der Waals surface area contributed by atoms with Crippen LogP contribution in [0.4, 0.5) is 0 Å². The van der Waals surface area contributed by atoms with Gasteiger partial charge in [-0.2, -0.15) is 5.26 Å². The van der Waals surface area contributed by atoms with Gasteiger partial charge in [-0.25, -0.2) is 0 Å². The summed E-state index contributed by atoms with van der Waals surface area (Å²) in [7, 11) is 0. The molecule has 0 atom stereocenters. The lowest BCUT2D eigenvalue weighted by atomic mass is 10.4. The summed E-state index contributed by atoms with van der Waals surface area (Å²) in [5.74, 6) is -0.882. The summed E-state index contributed by atoms with van der Waals surface area (Å²) in [6, 6.07) is 5.06. The lowest BCUT2D eigenvalue weighted by molar-refractivity contribution is -0.120. The molecule has 1 aromatic heterocycles. The molecular weight excluding hydrogens is 260 g/mol. The Bertz CT molecular complexity index is 464. The van der Waals surface area contributed by atoms with Gasteiger partial charge in [-0.15, -0.1) is 11.3 Å². The van der Waals surface area contributed by atoms with Crippen LogP contribution < -0.4 is 16.2 Å². The van der Waals surface area contributed by atoms with E-state index in [0.29, 0.717) is 4.88 Å². The third-order valence-corrected chi connectivity index (χ3v) is 2.60.